The predicted octanol–water partition coefficient (Wildman–Crippen LogP) is 1.18. The Labute approximate surface area is 118 Å². The third-order valence-corrected chi connectivity index (χ3v) is 3.56. The monoisotopic (exact) mass is 293 g/mol. The Balaban J connectivity index is 2.08. The van der Waals surface area contributed by atoms with Gasteiger partial charge in [0, 0.05) is 6.54 Å². The second-order valence-corrected chi connectivity index (χ2v) is 5.52. The molecule has 3 N–H and O–H groups in total. The van der Waals surface area contributed by atoms with Crippen molar-refractivity contribution < 1.29 is 23.7 Å². The summed E-state index contributed by atoms with van der Waals surface area (Å²) in [6, 6.07) is 0. The maximum atomic E-state index is 12.7. The summed E-state index contributed by atoms with van der Waals surface area (Å²) < 4.78 is 30.9. The Morgan fingerprint density at radius 2 is 2.10 bits per heavy atom. The summed E-state index contributed by atoms with van der Waals surface area (Å²) >= 11 is 0. The van der Waals surface area contributed by atoms with E-state index in [1.165, 1.54) is 0 Å². The minimum atomic E-state index is -3.15. The SMILES string of the molecule is CC1CC=CCC1COCC(O)CNCC(F)(F)CO. The molecule has 0 bridgehead atoms. The van der Waals surface area contributed by atoms with E-state index in [0.29, 0.717) is 18.4 Å². The predicted molar refractivity (Wildman–Crippen MR) is 72.8 cm³/mol. The van der Waals surface area contributed by atoms with Gasteiger partial charge in [-0.05, 0) is 24.7 Å². The molecule has 4 nitrogen and oxygen atoms in total. The number of allylic oxidation sites excluding steroid dienone is 2. The molecule has 118 valence electrons. The molecule has 6 heteroatoms. The van der Waals surface area contributed by atoms with Crippen molar-refractivity contribution in [3.63, 3.8) is 0 Å². The van der Waals surface area contributed by atoms with Gasteiger partial charge in [0.1, 0.15) is 6.61 Å². The van der Waals surface area contributed by atoms with Crippen LogP contribution in [-0.2, 0) is 4.74 Å². The van der Waals surface area contributed by atoms with E-state index in [9.17, 15) is 13.9 Å². The van der Waals surface area contributed by atoms with E-state index in [2.05, 4.69) is 24.4 Å². The summed E-state index contributed by atoms with van der Waals surface area (Å²) in [5.74, 6) is -2.12. The Morgan fingerprint density at radius 3 is 2.75 bits per heavy atom. The molecule has 3 unspecified atom stereocenters. The molecule has 0 spiro atoms. The Hall–Kier alpha value is -0.560. The van der Waals surface area contributed by atoms with Crippen molar-refractivity contribution in [3.8, 4) is 0 Å². The summed E-state index contributed by atoms with van der Waals surface area (Å²) in [6.07, 6.45) is 5.52. The third kappa shape index (κ3) is 6.74. The van der Waals surface area contributed by atoms with Crippen molar-refractivity contribution >= 4 is 0 Å². The van der Waals surface area contributed by atoms with E-state index < -0.39 is 25.2 Å². The lowest BCUT2D eigenvalue weighted by Gasteiger charge is -2.25. The highest BCUT2D eigenvalue weighted by molar-refractivity contribution is 4.93. The largest absolute Gasteiger partial charge is 0.390 e. The number of rotatable bonds is 9. The van der Waals surface area contributed by atoms with Crippen LogP contribution in [0.1, 0.15) is 19.8 Å². The molecular formula is C14H25F2NO3. The second kappa shape index (κ2) is 8.67. The topological polar surface area (TPSA) is 61.7 Å². The highest BCUT2D eigenvalue weighted by Crippen LogP contribution is 2.24. The van der Waals surface area contributed by atoms with Gasteiger partial charge in [-0.25, -0.2) is 8.78 Å². The molecule has 0 heterocycles. The van der Waals surface area contributed by atoms with Gasteiger partial charge in [-0.15, -0.1) is 0 Å². The van der Waals surface area contributed by atoms with Gasteiger partial charge in [-0.2, -0.15) is 0 Å². The van der Waals surface area contributed by atoms with Crippen molar-refractivity contribution in [3.05, 3.63) is 12.2 Å². The molecule has 0 aromatic heterocycles. The van der Waals surface area contributed by atoms with Gasteiger partial charge < -0.3 is 20.3 Å². The lowest BCUT2D eigenvalue weighted by molar-refractivity contribution is -0.0507. The first-order chi connectivity index (χ1) is 9.44. The number of alkyl halides is 2. The van der Waals surface area contributed by atoms with E-state index in [-0.39, 0.29) is 13.2 Å². The number of nitrogens with one attached hydrogen (secondary N) is 1. The molecule has 0 saturated heterocycles. The number of halogens is 2. The van der Waals surface area contributed by atoms with Crippen LogP contribution in [0.5, 0.6) is 0 Å². The second-order valence-electron chi connectivity index (χ2n) is 5.52. The molecule has 0 aromatic carbocycles. The zero-order valence-electron chi connectivity index (χ0n) is 11.9. The zero-order valence-corrected chi connectivity index (χ0v) is 11.9. The number of hydrogen-bond donors (Lipinski definition) is 3. The summed E-state index contributed by atoms with van der Waals surface area (Å²) in [5.41, 5.74) is 0. The molecule has 0 aliphatic heterocycles. The molecule has 20 heavy (non-hydrogen) atoms. The Bertz CT molecular complexity index is 300. The first kappa shape index (κ1) is 17.5. The molecule has 0 amide bonds. The van der Waals surface area contributed by atoms with Crippen LogP contribution >= 0.6 is 0 Å². The van der Waals surface area contributed by atoms with Crippen LogP contribution in [0.15, 0.2) is 12.2 Å². The van der Waals surface area contributed by atoms with Crippen LogP contribution in [0.25, 0.3) is 0 Å². The molecule has 3 atom stereocenters. The highest BCUT2D eigenvalue weighted by atomic mass is 19.3. The quantitative estimate of drug-likeness (QED) is 0.559. The molecule has 0 radical (unpaired) electrons. The van der Waals surface area contributed by atoms with E-state index in [0.717, 1.165) is 12.8 Å². The minimum Gasteiger partial charge on any atom is -0.390 e. The van der Waals surface area contributed by atoms with Gasteiger partial charge in [0.15, 0.2) is 0 Å². The summed E-state index contributed by atoms with van der Waals surface area (Å²) in [5, 5.41) is 20.4. The maximum absolute atomic E-state index is 12.7. The van der Waals surface area contributed by atoms with Crippen LogP contribution in [0.4, 0.5) is 8.78 Å². The minimum absolute atomic E-state index is 0.0235. The van der Waals surface area contributed by atoms with E-state index in [1.807, 2.05) is 0 Å². The normalized spacial score (nSPS) is 24.9. The fourth-order valence-corrected chi connectivity index (χ4v) is 2.13. The smallest absolute Gasteiger partial charge is 0.282 e. The van der Waals surface area contributed by atoms with Crippen molar-refractivity contribution in [2.75, 3.05) is 32.9 Å². The fourth-order valence-electron chi connectivity index (χ4n) is 2.13. The Kier molecular flexibility index (Phi) is 7.58. The Morgan fingerprint density at radius 1 is 1.40 bits per heavy atom. The average Bonchev–Trinajstić information content (AvgIpc) is 2.41. The number of ether oxygens (including phenoxy) is 1. The van der Waals surface area contributed by atoms with E-state index >= 15 is 0 Å². The molecule has 1 rings (SSSR count). The van der Waals surface area contributed by atoms with E-state index in [4.69, 9.17) is 9.84 Å². The van der Waals surface area contributed by atoms with Crippen molar-refractivity contribution in [1.29, 1.82) is 0 Å². The molecule has 0 saturated carbocycles. The number of aliphatic hydroxyl groups excluding tert-OH is 2. The maximum Gasteiger partial charge on any atom is 0.282 e. The van der Waals surface area contributed by atoms with Gasteiger partial charge in [0.05, 0.1) is 25.9 Å². The molecule has 1 aliphatic carbocycles. The van der Waals surface area contributed by atoms with Crippen LogP contribution in [0.3, 0.4) is 0 Å². The highest BCUT2D eigenvalue weighted by Gasteiger charge is 2.27. The van der Waals surface area contributed by atoms with Crippen LogP contribution in [-0.4, -0.2) is 55.1 Å². The first-order valence-electron chi connectivity index (χ1n) is 7.05. The number of aliphatic hydroxyl groups is 2. The average molecular weight is 293 g/mol. The third-order valence-electron chi connectivity index (χ3n) is 3.56. The molecule has 0 fully saturated rings. The zero-order chi connectivity index (χ0) is 15.0. The van der Waals surface area contributed by atoms with E-state index in [1.54, 1.807) is 0 Å². The van der Waals surface area contributed by atoms with Crippen molar-refractivity contribution in [2.24, 2.45) is 11.8 Å². The van der Waals surface area contributed by atoms with Crippen molar-refractivity contribution in [2.45, 2.75) is 31.8 Å². The summed E-state index contributed by atoms with van der Waals surface area (Å²) in [7, 11) is 0. The van der Waals surface area contributed by atoms with Crippen LogP contribution < -0.4 is 5.32 Å². The lowest BCUT2D eigenvalue weighted by Crippen LogP contribution is -2.40. The fraction of sp³-hybridized carbons (Fsp3) is 0.857. The lowest BCUT2D eigenvalue weighted by atomic mass is 9.85. The van der Waals surface area contributed by atoms with Gasteiger partial charge in [-0.3, -0.25) is 0 Å². The first-order valence-corrected chi connectivity index (χ1v) is 7.05. The van der Waals surface area contributed by atoms with Gasteiger partial charge in [0.2, 0.25) is 0 Å². The number of hydrogen-bond acceptors (Lipinski definition) is 4. The summed E-state index contributed by atoms with van der Waals surface area (Å²) in [6.45, 7) is 1.06. The van der Waals surface area contributed by atoms with Gasteiger partial charge >= 0.3 is 0 Å². The van der Waals surface area contributed by atoms with Gasteiger partial charge in [0.25, 0.3) is 5.92 Å². The molecular weight excluding hydrogens is 268 g/mol. The summed E-state index contributed by atoms with van der Waals surface area (Å²) in [4.78, 5) is 0. The van der Waals surface area contributed by atoms with Crippen LogP contribution in [0.2, 0.25) is 0 Å². The van der Waals surface area contributed by atoms with Crippen LogP contribution in [0, 0.1) is 11.8 Å². The van der Waals surface area contributed by atoms with Crippen molar-refractivity contribution in [1.82, 2.24) is 5.32 Å². The van der Waals surface area contributed by atoms with Gasteiger partial charge in [-0.1, -0.05) is 19.1 Å². The standard InChI is InChI=1S/C14H25F2NO3/c1-11-4-2-3-5-12(11)7-20-8-13(19)6-17-9-14(15,16)10-18/h2-3,11-13,17-19H,4-10H2,1H3. The molecule has 1 aliphatic rings. The molecule has 0 aromatic rings.